The molecule has 0 fully saturated rings. The maximum atomic E-state index is 13.2. The van der Waals surface area contributed by atoms with Crippen LogP contribution in [0.15, 0.2) is 48.5 Å². The fraction of sp³-hybridized carbons (Fsp3) is 0.250. The molecule has 0 aromatic heterocycles. The average Bonchev–Trinajstić information content (AvgIpc) is 2.61. The lowest BCUT2D eigenvalue weighted by Gasteiger charge is -2.20. The maximum absolute atomic E-state index is 13.2. The lowest BCUT2D eigenvalue weighted by atomic mass is 10.1. The molecule has 1 unspecified atom stereocenters. The predicted molar refractivity (Wildman–Crippen MR) is 101 cm³/mol. The number of amides is 2. The number of hydrogen-bond acceptors (Lipinski definition) is 3. The molecule has 2 rings (SSSR count). The number of likely N-dealkylation sites (N-methyl/N-ethyl adjacent to an activating group) is 1. The van der Waals surface area contributed by atoms with Crippen LogP contribution in [0, 0.1) is 5.82 Å². The second-order valence-corrected chi connectivity index (χ2v) is 6.43. The Kier molecular flexibility index (Phi) is 6.79. The Morgan fingerprint density at radius 2 is 1.67 bits per heavy atom. The van der Waals surface area contributed by atoms with Crippen LogP contribution in [0.3, 0.4) is 0 Å². The number of Topliss-reactive ketones (excluding diaryl/α,β-unsaturated/α-hetero) is 1. The van der Waals surface area contributed by atoms with Crippen LogP contribution in [0.5, 0.6) is 0 Å². The first-order chi connectivity index (χ1) is 12.8. The number of quaternary nitrogens is 1. The normalized spacial score (nSPS) is 12.7. The van der Waals surface area contributed by atoms with Crippen LogP contribution in [0.25, 0.3) is 0 Å². The summed E-state index contributed by atoms with van der Waals surface area (Å²) >= 11 is 0. The van der Waals surface area contributed by atoms with Gasteiger partial charge in [-0.1, -0.05) is 18.2 Å². The Balaban J connectivity index is 1.92. The molecule has 0 saturated heterocycles. The van der Waals surface area contributed by atoms with Crippen molar-refractivity contribution < 1.29 is 23.7 Å². The number of nitrogens with one attached hydrogen (secondary N) is 3. The topological polar surface area (TPSA) is 79.7 Å². The van der Waals surface area contributed by atoms with Gasteiger partial charge in [0, 0.05) is 16.9 Å². The molecule has 0 heterocycles. The van der Waals surface area contributed by atoms with Crippen molar-refractivity contribution in [2.75, 3.05) is 24.2 Å². The molecule has 0 aliphatic carbocycles. The molecule has 142 valence electrons. The molecule has 0 aliphatic heterocycles. The van der Waals surface area contributed by atoms with Gasteiger partial charge in [0.1, 0.15) is 5.82 Å². The molecule has 2 aromatic rings. The van der Waals surface area contributed by atoms with Gasteiger partial charge in [0.05, 0.1) is 7.05 Å². The summed E-state index contributed by atoms with van der Waals surface area (Å²) in [5.41, 5.74) is 1.40. The molecule has 0 bridgehead atoms. The maximum Gasteiger partial charge on any atom is 0.282 e. The van der Waals surface area contributed by atoms with E-state index in [4.69, 9.17) is 0 Å². The van der Waals surface area contributed by atoms with Gasteiger partial charge in [-0.25, -0.2) is 4.39 Å². The molecule has 0 aliphatic rings. The molecule has 7 heteroatoms. The zero-order valence-corrected chi connectivity index (χ0v) is 15.5. The summed E-state index contributed by atoms with van der Waals surface area (Å²) in [7, 11) is 1.72. The lowest BCUT2D eigenvalue weighted by Crippen LogP contribution is -3.14. The fourth-order valence-electron chi connectivity index (χ4n) is 2.47. The number of benzene rings is 2. The van der Waals surface area contributed by atoms with E-state index < -0.39 is 11.9 Å². The smallest absolute Gasteiger partial charge is 0.282 e. The van der Waals surface area contributed by atoms with E-state index in [0.717, 1.165) is 0 Å². The standard InChI is InChI=1S/C20H22FN3O3/c1-13(20(27)23-17-8-4-6-15(10-17)14(2)25)24(3)12-19(26)22-18-9-5-7-16(21)11-18/h4-11,13H,12H2,1-3H3,(H,22,26)(H,23,27)/p+1/t13-/m1/s1. The van der Waals surface area contributed by atoms with Gasteiger partial charge in [-0.2, -0.15) is 0 Å². The Hall–Kier alpha value is -3.06. The lowest BCUT2D eigenvalue weighted by molar-refractivity contribution is -0.885. The zero-order valence-electron chi connectivity index (χ0n) is 15.5. The number of halogens is 1. The van der Waals surface area contributed by atoms with Gasteiger partial charge in [0.25, 0.3) is 11.8 Å². The van der Waals surface area contributed by atoms with Gasteiger partial charge in [0.15, 0.2) is 18.4 Å². The van der Waals surface area contributed by atoms with Gasteiger partial charge < -0.3 is 15.5 Å². The molecule has 3 N–H and O–H groups in total. The molecule has 27 heavy (non-hydrogen) atoms. The van der Waals surface area contributed by atoms with Crippen molar-refractivity contribution in [2.24, 2.45) is 0 Å². The van der Waals surface area contributed by atoms with Crippen LogP contribution in [-0.4, -0.2) is 37.2 Å². The highest BCUT2D eigenvalue weighted by molar-refractivity contribution is 5.98. The first-order valence-corrected chi connectivity index (χ1v) is 8.56. The number of anilines is 2. The summed E-state index contributed by atoms with van der Waals surface area (Å²) in [6.45, 7) is 3.20. The third-order valence-electron chi connectivity index (χ3n) is 4.22. The summed E-state index contributed by atoms with van der Waals surface area (Å²) in [6, 6.07) is 11.8. The van der Waals surface area contributed by atoms with Crippen LogP contribution < -0.4 is 15.5 Å². The molecular formula is C20H23FN3O3+. The van der Waals surface area contributed by atoms with Crippen molar-refractivity contribution in [3.05, 3.63) is 59.9 Å². The van der Waals surface area contributed by atoms with E-state index >= 15 is 0 Å². The van der Waals surface area contributed by atoms with Crippen molar-refractivity contribution in [3.8, 4) is 0 Å². The third-order valence-corrected chi connectivity index (χ3v) is 4.22. The minimum absolute atomic E-state index is 0.0403. The van der Waals surface area contributed by atoms with Crippen molar-refractivity contribution in [1.29, 1.82) is 0 Å². The monoisotopic (exact) mass is 372 g/mol. The Morgan fingerprint density at radius 1 is 1.04 bits per heavy atom. The average molecular weight is 372 g/mol. The van der Waals surface area contributed by atoms with E-state index in [9.17, 15) is 18.8 Å². The van der Waals surface area contributed by atoms with Gasteiger partial charge >= 0.3 is 0 Å². The predicted octanol–water partition coefficient (Wildman–Crippen LogP) is 1.51. The minimum Gasteiger partial charge on any atom is -0.321 e. The molecule has 0 saturated carbocycles. The van der Waals surface area contributed by atoms with Crippen molar-refractivity contribution >= 4 is 29.0 Å². The van der Waals surface area contributed by atoms with Crippen molar-refractivity contribution in [1.82, 2.24) is 0 Å². The number of rotatable bonds is 7. The van der Waals surface area contributed by atoms with Crippen LogP contribution in [0.1, 0.15) is 24.2 Å². The van der Waals surface area contributed by atoms with Crippen LogP contribution >= 0.6 is 0 Å². The summed E-state index contributed by atoms with van der Waals surface area (Å²) in [5.74, 6) is -1.12. The Morgan fingerprint density at radius 3 is 2.30 bits per heavy atom. The van der Waals surface area contributed by atoms with Crippen LogP contribution in [0.2, 0.25) is 0 Å². The van der Waals surface area contributed by atoms with Crippen molar-refractivity contribution in [2.45, 2.75) is 19.9 Å². The van der Waals surface area contributed by atoms with E-state index in [1.54, 1.807) is 44.3 Å². The zero-order chi connectivity index (χ0) is 20.0. The first-order valence-electron chi connectivity index (χ1n) is 8.56. The fourth-order valence-corrected chi connectivity index (χ4v) is 2.47. The SMILES string of the molecule is CC(=O)c1cccc(NC(=O)[C@@H](C)[NH+](C)CC(=O)Nc2cccc(F)c2)c1. The van der Waals surface area contributed by atoms with E-state index in [1.165, 1.54) is 25.1 Å². The Bertz CT molecular complexity index is 854. The van der Waals surface area contributed by atoms with E-state index in [2.05, 4.69) is 10.6 Å². The number of hydrogen-bond donors (Lipinski definition) is 3. The van der Waals surface area contributed by atoms with Gasteiger partial charge in [-0.15, -0.1) is 0 Å². The van der Waals surface area contributed by atoms with E-state index in [1.807, 2.05) is 0 Å². The highest BCUT2D eigenvalue weighted by Gasteiger charge is 2.24. The molecule has 0 spiro atoms. The van der Waals surface area contributed by atoms with Crippen LogP contribution in [-0.2, 0) is 9.59 Å². The highest BCUT2D eigenvalue weighted by Crippen LogP contribution is 2.11. The van der Waals surface area contributed by atoms with Gasteiger partial charge in [-0.05, 0) is 44.2 Å². The van der Waals surface area contributed by atoms with Gasteiger partial charge in [-0.3, -0.25) is 14.4 Å². The van der Waals surface area contributed by atoms with Gasteiger partial charge in [0.2, 0.25) is 0 Å². The quantitative estimate of drug-likeness (QED) is 0.645. The summed E-state index contributed by atoms with van der Waals surface area (Å²) in [4.78, 5) is 36.6. The first kappa shape index (κ1) is 20.3. The summed E-state index contributed by atoms with van der Waals surface area (Å²) < 4.78 is 13.2. The molecule has 0 radical (unpaired) electrons. The summed E-state index contributed by atoms with van der Waals surface area (Å²) in [6.07, 6.45) is 0. The van der Waals surface area contributed by atoms with E-state index in [0.29, 0.717) is 21.8 Å². The molecule has 6 nitrogen and oxygen atoms in total. The molecule has 2 atom stereocenters. The number of carbonyl (C=O) groups excluding carboxylic acids is 3. The largest absolute Gasteiger partial charge is 0.321 e. The molecule has 2 aromatic carbocycles. The van der Waals surface area contributed by atoms with E-state index in [-0.39, 0.29) is 24.1 Å². The molecular weight excluding hydrogens is 349 g/mol. The Labute approximate surface area is 157 Å². The van der Waals surface area contributed by atoms with Crippen molar-refractivity contribution in [3.63, 3.8) is 0 Å². The highest BCUT2D eigenvalue weighted by atomic mass is 19.1. The van der Waals surface area contributed by atoms with Crippen LogP contribution in [0.4, 0.5) is 15.8 Å². The number of ketones is 1. The minimum atomic E-state index is -0.510. The number of carbonyl (C=O) groups is 3. The molecule has 2 amide bonds. The second kappa shape index (κ2) is 9.05. The summed E-state index contributed by atoms with van der Waals surface area (Å²) in [5, 5.41) is 5.36. The second-order valence-electron chi connectivity index (χ2n) is 6.43. The third kappa shape index (κ3) is 6.00.